The second kappa shape index (κ2) is 12.7. The molecule has 2 atom stereocenters. The van der Waals surface area contributed by atoms with Crippen LogP contribution in [-0.4, -0.2) is 80.0 Å². The van der Waals surface area contributed by atoms with Crippen molar-refractivity contribution in [2.45, 2.75) is 52.6 Å². The topological polar surface area (TPSA) is 137 Å². The van der Waals surface area contributed by atoms with Gasteiger partial charge in [0, 0.05) is 50.7 Å². The summed E-state index contributed by atoms with van der Waals surface area (Å²) in [6.07, 6.45) is -5.62. The summed E-state index contributed by atoms with van der Waals surface area (Å²) in [4.78, 5) is 39.6. The minimum Gasteiger partial charge on any atom is -0.475 e. The van der Waals surface area contributed by atoms with Crippen LogP contribution in [-0.2, 0) is 27.5 Å². The van der Waals surface area contributed by atoms with Gasteiger partial charge in [0.05, 0.1) is 11.1 Å². The summed E-state index contributed by atoms with van der Waals surface area (Å²) < 4.78 is 68.8. The number of alkyl halides is 6. The van der Waals surface area contributed by atoms with Crippen LogP contribution in [0.15, 0.2) is 29.0 Å². The number of carboxylic acids is 2. The van der Waals surface area contributed by atoms with Gasteiger partial charge in [-0.25, -0.2) is 9.59 Å². The van der Waals surface area contributed by atoms with Gasteiger partial charge in [-0.1, -0.05) is 18.1 Å². The van der Waals surface area contributed by atoms with Gasteiger partial charge >= 0.3 is 24.3 Å². The fourth-order valence-corrected chi connectivity index (χ4v) is 4.58. The van der Waals surface area contributed by atoms with Crippen LogP contribution in [0.3, 0.4) is 0 Å². The number of rotatable bonds is 4. The number of amides is 1. The molecule has 2 fully saturated rings. The van der Waals surface area contributed by atoms with E-state index >= 15 is 0 Å². The third-order valence-corrected chi connectivity index (χ3v) is 6.67. The Kier molecular flexibility index (Phi) is 10.3. The van der Waals surface area contributed by atoms with Crippen molar-refractivity contribution in [1.29, 1.82) is 0 Å². The molecule has 2 aromatic heterocycles. The lowest BCUT2D eigenvalue weighted by Gasteiger charge is -2.27. The maximum Gasteiger partial charge on any atom is 0.490 e. The van der Waals surface area contributed by atoms with Crippen molar-refractivity contribution in [3.05, 3.63) is 47.1 Å². The Morgan fingerprint density at radius 3 is 2.12 bits per heavy atom. The van der Waals surface area contributed by atoms with Crippen LogP contribution in [0.1, 0.15) is 35.9 Å². The molecule has 1 amide bonds. The lowest BCUT2D eigenvalue weighted by atomic mass is 9.78. The maximum absolute atomic E-state index is 13.3. The Hall–Kier alpha value is -3.69. The Labute approximate surface area is 224 Å². The third kappa shape index (κ3) is 8.16. The predicted molar refractivity (Wildman–Crippen MR) is 125 cm³/mol. The molecule has 4 rings (SSSR count). The van der Waals surface area contributed by atoms with E-state index in [0.717, 1.165) is 55.2 Å². The predicted octanol–water partition coefficient (Wildman–Crippen LogP) is 3.82. The average Bonchev–Trinajstić information content (AvgIpc) is 3.46. The van der Waals surface area contributed by atoms with Crippen molar-refractivity contribution >= 4 is 17.8 Å². The number of halogens is 6. The lowest BCUT2D eigenvalue weighted by molar-refractivity contribution is -0.193. The maximum atomic E-state index is 13.3. The van der Waals surface area contributed by atoms with Gasteiger partial charge in [-0.2, -0.15) is 26.3 Å². The van der Waals surface area contributed by atoms with E-state index in [4.69, 9.17) is 24.3 Å². The molecule has 2 saturated heterocycles. The first kappa shape index (κ1) is 32.5. The number of aliphatic carboxylic acids is 2. The SMILES string of the molecule is Cc1noc(C)c1CN1C[C@H](C)[C@]2(CCN(Cc3cccnc3)C2=O)C1.O=C(O)C(F)(F)F.O=C(O)C(F)(F)F. The Balaban J connectivity index is 0.000000333. The first-order valence-electron chi connectivity index (χ1n) is 11.8. The fourth-order valence-electron chi connectivity index (χ4n) is 4.58. The van der Waals surface area contributed by atoms with Gasteiger partial charge in [0.2, 0.25) is 5.91 Å². The van der Waals surface area contributed by atoms with Gasteiger partial charge in [-0.3, -0.25) is 14.7 Å². The molecule has 4 heterocycles. The molecule has 10 nitrogen and oxygen atoms in total. The fraction of sp³-hybridized carbons (Fsp3) is 0.542. The third-order valence-electron chi connectivity index (χ3n) is 6.67. The van der Waals surface area contributed by atoms with Crippen LogP contribution in [0.5, 0.6) is 0 Å². The Morgan fingerprint density at radius 2 is 1.68 bits per heavy atom. The Bertz CT molecular complexity index is 1140. The molecule has 0 unspecified atom stereocenters. The van der Waals surface area contributed by atoms with Crippen LogP contribution < -0.4 is 0 Å². The van der Waals surface area contributed by atoms with E-state index in [1.165, 1.54) is 0 Å². The van der Waals surface area contributed by atoms with E-state index < -0.39 is 24.3 Å². The Morgan fingerprint density at radius 1 is 1.10 bits per heavy atom. The highest BCUT2D eigenvalue weighted by molar-refractivity contribution is 5.86. The van der Waals surface area contributed by atoms with E-state index in [1.54, 1.807) is 6.20 Å². The van der Waals surface area contributed by atoms with Crippen molar-refractivity contribution in [3.63, 3.8) is 0 Å². The van der Waals surface area contributed by atoms with E-state index in [0.29, 0.717) is 18.4 Å². The normalized spacial score (nSPS) is 21.1. The van der Waals surface area contributed by atoms with E-state index in [2.05, 4.69) is 22.0 Å². The van der Waals surface area contributed by atoms with Gasteiger partial charge in [-0.15, -0.1) is 0 Å². The minimum absolute atomic E-state index is 0.249. The number of carboxylic acid groups (broad SMARTS) is 2. The largest absolute Gasteiger partial charge is 0.490 e. The quantitative estimate of drug-likeness (QED) is 0.516. The summed E-state index contributed by atoms with van der Waals surface area (Å²) in [5.41, 5.74) is 2.95. The van der Waals surface area contributed by atoms with Gasteiger partial charge < -0.3 is 19.6 Å². The zero-order valence-corrected chi connectivity index (χ0v) is 21.7. The molecular weight excluding hydrogens is 554 g/mol. The van der Waals surface area contributed by atoms with Crippen molar-refractivity contribution in [2.75, 3.05) is 19.6 Å². The zero-order chi connectivity index (χ0) is 30.5. The average molecular weight is 582 g/mol. The highest BCUT2D eigenvalue weighted by Gasteiger charge is 2.54. The summed E-state index contributed by atoms with van der Waals surface area (Å²) in [5.74, 6) is -3.98. The number of hydrogen-bond donors (Lipinski definition) is 2. The summed E-state index contributed by atoms with van der Waals surface area (Å²) >= 11 is 0. The molecule has 222 valence electrons. The van der Waals surface area contributed by atoms with Crippen LogP contribution in [0, 0.1) is 25.2 Å². The van der Waals surface area contributed by atoms with Crippen molar-refractivity contribution in [3.8, 4) is 0 Å². The van der Waals surface area contributed by atoms with Gasteiger partial charge in [0.15, 0.2) is 0 Å². The smallest absolute Gasteiger partial charge is 0.475 e. The number of hydrogen-bond acceptors (Lipinski definition) is 7. The zero-order valence-electron chi connectivity index (χ0n) is 21.7. The molecule has 16 heteroatoms. The van der Waals surface area contributed by atoms with E-state index in [-0.39, 0.29) is 5.41 Å². The monoisotopic (exact) mass is 582 g/mol. The second-order valence-electron chi connectivity index (χ2n) is 9.47. The number of aryl methyl sites for hydroxylation is 2. The molecular formula is C24H28F6N4O6. The second-order valence-corrected chi connectivity index (χ2v) is 9.47. The summed E-state index contributed by atoms with van der Waals surface area (Å²) in [6, 6.07) is 3.96. The van der Waals surface area contributed by atoms with Gasteiger partial charge in [0.1, 0.15) is 5.76 Å². The van der Waals surface area contributed by atoms with Crippen LogP contribution in [0.25, 0.3) is 0 Å². The standard InChI is InChI=1S/C20H26N4O2.2C2HF3O2/c1-14-10-23(12-18-15(2)22-26-16(18)3)13-20(14)6-8-24(19(20)25)11-17-5-4-7-21-9-17;2*3-2(4,5)1(6)7/h4-5,7,9,14H,6,8,10-13H2,1-3H3;2*(H,6,7)/t14-,20-;;/m0../s1. The van der Waals surface area contributed by atoms with Crippen molar-refractivity contribution in [2.24, 2.45) is 11.3 Å². The molecule has 2 aliphatic heterocycles. The molecule has 0 radical (unpaired) electrons. The molecule has 0 saturated carbocycles. The summed E-state index contributed by atoms with van der Waals surface area (Å²) in [6.45, 7) is 10.2. The molecule has 2 aromatic rings. The summed E-state index contributed by atoms with van der Waals surface area (Å²) in [7, 11) is 0. The van der Waals surface area contributed by atoms with Crippen molar-refractivity contribution in [1.82, 2.24) is 19.9 Å². The van der Waals surface area contributed by atoms with Crippen molar-refractivity contribution < 1.29 is 55.5 Å². The molecule has 0 aliphatic carbocycles. The molecule has 2 aliphatic rings. The highest BCUT2D eigenvalue weighted by Crippen LogP contribution is 2.45. The van der Waals surface area contributed by atoms with Crippen LogP contribution in [0.2, 0.25) is 0 Å². The molecule has 1 spiro atoms. The number of likely N-dealkylation sites (tertiary alicyclic amines) is 2. The number of carbonyl (C=O) groups excluding carboxylic acids is 1. The van der Waals surface area contributed by atoms with E-state index in [1.807, 2.05) is 37.1 Å². The highest BCUT2D eigenvalue weighted by atomic mass is 19.4. The number of nitrogens with zero attached hydrogens (tertiary/aromatic N) is 4. The number of aromatic nitrogens is 2. The van der Waals surface area contributed by atoms with Gasteiger partial charge in [-0.05, 0) is 37.8 Å². The molecule has 0 bridgehead atoms. The molecule has 2 N–H and O–H groups in total. The number of carbonyl (C=O) groups is 3. The molecule has 40 heavy (non-hydrogen) atoms. The number of pyridine rings is 1. The van der Waals surface area contributed by atoms with Crippen LogP contribution in [0.4, 0.5) is 26.3 Å². The van der Waals surface area contributed by atoms with E-state index in [9.17, 15) is 31.1 Å². The lowest BCUT2D eigenvalue weighted by Crippen LogP contribution is -2.39. The minimum atomic E-state index is -5.08. The first-order valence-corrected chi connectivity index (χ1v) is 11.8. The van der Waals surface area contributed by atoms with Crippen LogP contribution >= 0.6 is 0 Å². The van der Waals surface area contributed by atoms with Gasteiger partial charge in [0.25, 0.3) is 0 Å². The molecule has 0 aromatic carbocycles. The summed E-state index contributed by atoms with van der Waals surface area (Å²) in [5, 5.41) is 18.3. The first-order chi connectivity index (χ1) is 18.4.